The van der Waals surface area contributed by atoms with Crippen molar-refractivity contribution in [3.63, 3.8) is 0 Å². The first kappa shape index (κ1) is 14.4. The zero-order valence-electron chi connectivity index (χ0n) is 13.1. The molecule has 1 aliphatic rings. The Balaban J connectivity index is 1.54. The van der Waals surface area contributed by atoms with Crippen molar-refractivity contribution in [1.82, 2.24) is 4.98 Å². The Morgan fingerprint density at radius 1 is 0.783 bits per heavy atom. The molecule has 1 aromatic heterocycles. The normalized spacial score (nSPS) is 21.4. The Bertz CT molecular complexity index is 796. The lowest BCUT2D eigenvalue weighted by molar-refractivity contribution is 0.393. The summed E-state index contributed by atoms with van der Waals surface area (Å²) in [6.07, 6.45) is 6.55. The fraction of sp³-hybridized carbons (Fsp3) is 0.286. The molecule has 116 valence electrons. The van der Waals surface area contributed by atoms with Gasteiger partial charge in [-0.15, -0.1) is 0 Å². The molecule has 0 aliphatic heterocycles. The number of fused-ring (bicyclic) bond motifs is 1. The molecule has 1 heterocycles. The first-order valence-corrected chi connectivity index (χ1v) is 8.40. The molecule has 1 saturated carbocycles. The second-order valence-corrected chi connectivity index (χ2v) is 6.52. The number of rotatable bonds is 2. The molecule has 4 rings (SSSR count). The molecule has 2 aromatic carbocycles. The van der Waals surface area contributed by atoms with E-state index in [1.807, 2.05) is 18.3 Å². The van der Waals surface area contributed by atoms with Crippen LogP contribution in [0.1, 0.15) is 48.8 Å². The molecule has 0 radical (unpaired) electrons. The monoisotopic (exact) mass is 305 g/mol. The van der Waals surface area contributed by atoms with Gasteiger partial charge in [0.1, 0.15) is 5.82 Å². The van der Waals surface area contributed by atoms with E-state index in [2.05, 4.69) is 30.3 Å². The lowest BCUT2D eigenvalue weighted by atomic mass is 9.77. The fourth-order valence-corrected chi connectivity index (χ4v) is 3.90. The zero-order valence-corrected chi connectivity index (χ0v) is 13.1. The van der Waals surface area contributed by atoms with E-state index in [1.165, 1.54) is 22.0 Å². The Morgan fingerprint density at radius 2 is 1.48 bits per heavy atom. The van der Waals surface area contributed by atoms with Crippen molar-refractivity contribution in [2.45, 2.75) is 37.5 Å². The Morgan fingerprint density at radius 3 is 2.26 bits per heavy atom. The molecule has 0 spiro atoms. The fourth-order valence-electron chi connectivity index (χ4n) is 3.90. The SMILES string of the molecule is Fc1ccc(C2CCC(c3nccc4ccccc34)CC2)cc1. The number of halogens is 1. The zero-order chi connectivity index (χ0) is 15.6. The highest BCUT2D eigenvalue weighted by Gasteiger charge is 2.25. The minimum atomic E-state index is -0.151. The lowest BCUT2D eigenvalue weighted by Crippen LogP contribution is -2.13. The van der Waals surface area contributed by atoms with E-state index in [4.69, 9.17) is 4.98 Å². The minimum absolute atomic E-state index is 0.151. The maximum Gasteiger partial charge on any atom is 0.123 e. The van der Waals surface area contributed by atoms with Gasteiger partial charge in [0.2, 0.25) is 0 Å². The summed E-state index contributed by atoms with van der Waals surface area (Å²) in [5.41, 5.74) is 2.52. The molecule has 0 atom stereocenters. The number of hydrogen-bond donors (Lipinski definition) is 0. The maximum absolute atomic E-state index is 13.1. The van der Waals surface area contributed by atoms with Crippen LogP contribution >= 0.6 is 0 Å². The van der Waals surface area contributed by atoms with Crippen LogP contribution in [0.3, 0.4) is 0 Å². The molecule has 1 fully saturated rings. The molecular formula is C21H20FN. The Labute approximate surface area is 136 Å². The van der Waals surface area contributed by atoms with E-state index in [1.54, 1.807) is 12.1 Å². The van der Waals surface area contributed by atoms with Crippen molar-refractivity contribution in [1.29, 1.82) is 0 Å². The third kappa shape index (κ3) is 2.86. The van der Waals surface area contributed by atoms with Gasteiger partial charge < -0.3 is 0 Å². The second-order valence-electron chi connectivity index (χ2n) is 6.52. The average molecular weight is 305 g/mol. The first-order valence-electron chi connectivity index (χ1n) is 8.40. The van der Waals surface area contributed by atoms with Crippen LogP contribution in [0.25, 0.3) is 10.8 Å². The summed E-state index contributed by atoms with van der Waals surface area (Å²) in [7, 11) is 0. The van der Waals surface area contributed by atoms with Gasteiger partial charge in [-0.1, -0.05) is 36.4 Å². The van der Waals surface area contributed by atoms with Crippen LogP contribution in [0, 0.1) is 5.82 Å². The van der Waals surface area contributed by atoms with Gasteiger partial charge in [0, 0.05) is 17.5 Å². The van der Waals surface area contributed by atoms with Gasteiger partial charge >= 0.3 is 0 Å². The summed E-state index contributed by atoms with van der Waals surface area (Å²) in [6, 6.07) is 17.6. The van der Waals surface area contributed by atoms with Crippen molar-refractivity contribution >= 4 is 10.8 Å². The smallest absolute Gasteiger partial charge is 0.123 e. The van der Waals surface area contributed by atoms with Crippen LogP contribution in [0.4, 0.5) is 4.39 Å². The number of nitrogens with zero attached hydrogens (tertiary/aromatic N) is 1. The predicted octanol–water partition coefficient (Wildman–Crippen LogP) is 5.82. The molecule has 0 amide bonds. The van der Waals surface area contributed by atoms with Crippen molar-refractivity contribution in [3.8, 4) is 0 Å². The van der Waals surface area contributed by atoms with Crippen LogP contribution in [-0.2, 0) is 0 Å². The van der Waals surface area contributed by atoms with Gasteiger partial charge in [-0.25, -0.2) is 4.39 Å². The molecular weight excluding hydrogens is 285 g/mol. The predicted molar refractivity (Wildman–Crippen MR) is 92.1 cm³/mol. The van der Waals surface area contributed by atoms with Crippen LogP contribution in [0.15, 0.2) is 60.8 Å². The van der Waals surface area contributed by atoms with Crippen molar-refractivity contribution in [3.05, 3.63) is 77.9 Å². The summed E-state index contributed by atoms with van der Waals surface area (Å²) < 4.78 is 13.1. The number of aromatic nitrogens is 1. The van der Waals surface area contributed by atoms with Gasteiger partial charge in [-0.2, -0.15) is 0 Å². The number of benzene rings is 2. The van der Waals surface area contributed by atoms with Gasteiger partial charge in [-0.3, -0.25) is 4.98 Å². The molecule has 2 heteroatoms. The van der Waals surface area contributed by atoms with E-state index in [-0.39, 0.29) is 5.82 Å². The number of hydrogen-bond acceptors (Lipinski definition) is 1. The average Bonchev–Trinajstić information content (AvgIpc) is 2.62. The van der Waals surface area contributed by atoms with Crippen molar-refractivity contribution in [2.75, 3.05) is 0 Å². The Kier molecular flexibility index (Phi) is 3.82. The first-order chi connectivity index (χ1) is 11.3. The third-order valence-corrected chi connectivity index (χ3v) is 5.16. The van der Waals surface area contributed by atoms with Crippen molar-refractivity contribution in [2.24, 2.45) is 0 Å². The maximum atomic E-state index is 13.1. The largest absolute Gasteiger partial charge is 0.260 e. The molecule has 0 unspecified atom stereocenters. The van der Waals surface area contributed by atoms with E-state index < -0.39 is 0 Å². The summed E-state index contributed by atoms with van der Waals surface area (Å²) >= 11 is 0. The third-order valence-electron chi connectivity index (χ3n) is 5.16. The van der Waals surface area contributed by atoms with Gasteiger partial charge in [-0.05, 0) is 60.7 Å². The van der Waals surface area contributed by atoms with Crippen LogP contribution in [0.5, 0.6) is 0 Å². The molecule has 3 aromatic rings. The Hall–Kier alpha value is -2.22. The topological polar surface area (TPSA) is 12.9 Å². The molecule has 0 saturated heterocycles. The summed E-state index contributed by atoms with van der Waals surface area (Å²) in [5.74, 6) is 0.946. The summed E-state index contributed by atoms with van der Waals surface area (Å²) in [6.45, 7) is 0. The molecule has 0 bridgehead atoms. The van der Waals surface area contributed by atoms with Crippen LogP contribution in [-0.4, -0.2) is 4.98 Å². The van der Waals surface area contributed by atoms with Gasteiger partial charge in [0.15, 0.2) is 0 Å². The summed E-state index contributed by atoms with van der Waals surface area (Å²) in [5, 5.41) is 2.57. The molecule has 23 heavy (non-hydrogen) atoms. The van der Waals surface area contributed by atoms with Crippen LogP contribution in [0.2, 0.25) is 0 Å². The van der Waals surface area contributed by atoms with Gasteiger partial charge in [0.25, 0.3) is 0 Å². The highest BCUT2D eigenvalue weighted by molar-refractivity contribution is 5.84. The molecule has 1 aliphatic carbocycles. The van der Waals surface area contributed by atoms with Gasteiger partial charge in [0.05, 0.1) is 5.69 Å². The van der Waals surface area contributed by atoms with E-state index in [9.17, 15) is 4.39 Å². The lowest BCUT2D eigenvalue weighted by Gasteiger charge is -2.29. The number of pyridine rings is 1. The highest BCUT2D eigenvalue weighted by Crippen LogP contribution is 2.41. The van der Waals surface area contributed by atoms with Crippen LogP contribution < -0.4 is 0 Å². The van der Waals surface area contributed by atoms with E-state index in [0.29, 0.717) is 11.8 Å². The molecule has 1 nitrogen and oxygen atoms in total. The summed E-state index contributed by atoms with van der Waals surface area (Å²) in [4.78, 5) is 4.69. The van der Waals surface area contributed by atoms with Crippen molar-refractivity contribution < 1.29 is 4.39 Å². The second kappa shape index (κ2) is 6.11. The van der Waals surface area contributed by atoms with E-state index in [0.717, 1.165) is 25.7 Å². The molecule has 0 N–H and O–H groups in total. The minimum Gasteiger partial charge on any atom is -0.260 e. The quantitative estimate of drug-likeness (QED) is 0.581. The van der Waals surface area contributed by atoms with E-state index >= 15 is 0 Å². The highest BCUT2D eigenvalue weighted by atomic mass is 19.1. The standard InChI is InChI=1S/C21H20FN/c22-19-11-9-16(10-12-19)15-5-7-18(8-6-15)21-20-4-2-1-3-17(20)13-14-23-21/h1-4,9-15,18H,5-8H2.